The number of sulfonamides is 1. The van der Waals surface area contributed by atoms with Gasteiger partial charge in [0.05, 0.1) is 23.8 Å². The van der Waals surface area contributed by atoms with Crippen LogP contribution in [-0.2, 0) is 14.8 Å². The van der Waals surface area contributed by atoms with Crippen molar-refractivity contribution in [2.45, 2.75) is 23.8 Å². The van der Waals surface area contributed by atoms with Crippen molar-refractivity contribution in [2.75, 3.05) is 19.7 Å². The molecule has 1 atom stereocenters. The summed E-state index contributed by atoms with van der Waals surface area (Å²) >= 11 is 0. The molecule has 1 aromatic heterocycles. The van der Waals surface area contributed by atoms with E-state index >= 15 is 0 Å². The fourth-order valence-corrected chi connectivity index (χ4v) is 4.25. The van der Waals surface area contributed by atoms with Crippen molar-refractivity contribution in [1.29, 1.82) is 0 Å². The molecule has 1 aromatic carbocycles. The fourth-order valence-electron chi connectivity index (χ4n) is 2.74. The van der Waals surface area contributed by atoms with E-state index in [2.05, 4.69) is 9.97 Å². The summed E-state index contributed by atoms with van der Waals surface area (Å²) in [6, 6.07) is 5.72. The molecule has 1 aliphatic heterocycles. The molecule has 1 unspecified atom stereocenters. The Morgan fingerprint density at radius 2 is 1.93 bits per heavy atom. The van der Waals surface area contributed by atoms with Crippen LogP contribution in [0.15, 0.2) is 41.6 Å². The SMILES string of the molecule is NC(=O)COc1ccc(S(=O)(=O)N2CCCC(Oc3ncc(F)cn3)C2)cc1. The summed E-state index contributed by atoms with van der Waals surface area (Å²) in [4.78, 5) is 18.3. The summed E-state index contributed by atoms with van der Waals surface area (Å²) in [6.45, 7) is 0.193. The van der Waals surface area contributed by atoms with Gasteiger partial charge in [-0.05, 0) is 37.1 Å². The Hall–Kier alpha value is -2.79. The number of piperidine rings is 1. The number of nitrogens with two attached hydrogens (primary N) is 1. The Morgan fingerprint density at radius 1 is 1.25 bits per heavy atom. The second kappa shape index (κ2) is 8.48. The molecule has 2 aromatic rings. The third-order valence-electron chi connectivity index (χ3n) is 4.05. The normalized spacial score (nSPS) is 17.8. The Kier molecular flexibility index (Phi) is 6.05. The Labute approximate surface area is 161 Å². The van der Waals surface area contributed by atoms with E-state index in [-0.39, 0.29) is 24.1 Å². The molecular weight excluding hydrogens is 391 g/mol. The third kappa shape index (κ3) is 4.93. The first kappa shape index (κ1) is 20.0. The van der Waals surface area contributed by atoms with Crippen LogP contribution in [0, 0.1) is 5.82 Å². The van der Waals surface area contributed by atoms with Gasteiger partial charge in [-0.2, -0.15) is 4.31 Å². The summed E-state index contributed by atoms with van der Waals surface area (Å²) in [5.41, 5.74) is 5.01. The number of hydrogen-bond donors (Lipinski definition) is 1. The number of carbonyl (C=O) groups is 1. The van der Waals surface area contributed by atoms with Crippen molar-refractivity contribution in [3.8, 4) is 11.8 Å². The predicted molar refractivity (Wildman–Crippen MR) is 95.5 cm³/mol. The van der Waals surface area contributed by atoms with Crippen molar-refractivity contribution in [1.82, 2.24) is 14.3 Å². The maximum atomic E-state index is 12.9. The zero-order valence-corrected chi connectivity index (χ0v) is 15.6. The number of ether oxygens (including phenoxy) is 2. The second-order valence-corrected chi connectivity index (χ2v) is 8.09. The molecule has 2 N–H and O–H groups in total. The van der Waals surface area contributed by atoms with Gasteiger partial charge in [0.15, 0.2) is 12.4 Å². The minimum absolute atomic E-state index is 0.00148. The lowest BCUT2D eigenvalue weighted by Crippen LogP contribution is -2.44. The number of carbonyl (C=O) groups excluding carboxylic acids is 1. The lowest BCUT2D eigenvalue weighted by molar-refractivity contribution is -0.119. The number of primary amides is 1. The van der Waals surface area contributed by atoms with Gasteiger partial charge in [0, 0.05) is 6.54 Å². The van der Waals surface area contributed by atoms with Crippen LogP contribution in [0.4, 0.5) is 4.39 Å². The summed E-state index contributed by atoms with van der Waals surface area (Å²) in [5.74, 6) is -0.865. The van der Waals surface area contributed by atoms with Gasteiger partial charge in [0.1, 0.15) is 11.9 Å². The Morgan fingerprint density at radius 3 is 2.57 bits per heavy atom. The number of rotatable bonds is 7. The summed E-state index contributed by atoms with van der Waals surface area (Å²) < 4.78 is 50.7. The average Bonchev–Trinajstić information content (AvgIpc) is 2.69. The van der Waals surface area contributed by atoms with Gasteiger partial charge in [-0.1, -0.05) is 0 Å². The van der Waals surface area contributed by atoms with E-state index < -0.39 is 27.9 Å². The highest BCUT2D eigenvalue weighted by molar-refractivity contribution is 7.89. The van der Waals surface area contributed by atoms with Crippen LogP contribution in [0.5, 0.6) is 11.8 Å². The topological polar surface area (TPSA) is 125 Å². The van der Waals surface area contributed by atoms with Crippen molar-refractivity contribution < 1.29 is 27.1 Å². The molecule has 0 spiro atoms. The molecule has 28 heavy (non-hydrogen) atoms. The molecule has 0 aliphatic carbocycles. The van der Waals surface area contributed by atoms with Gasteiger partial charge in [-0.25, -0.2) is 22.8 Å². The standard InChI is InChI=1S/C17H19FN4O5S/c18-12-8-20-17(21-9-12)27-14-2-1-7-22(10-14)28(24,25)15-5-3-13(4-6-15)26-11-16(19)23/h3-6,8-9,14H,1-2,7,10-11H2,(H2,19,23). The largest absolute Gasteiger partial charge is 0.484 e. The first-order valence-electron chi connectivity index (χ1n) is 8.50. The number of aromatic nitrogens is 2. The van der Waals surface area contributed by atoms with Crippen LogP contribution < -0.4 is 15.2 Å². The monoisotopic (exact) mass is 410 g/mol. The van der Waals surface area contributed by atoms with Gasteiger partial charge < -0.3 is 15.2 Å². The van der Waals surface area contributed by atoms with Crippen molar-refractivity contribution >= 4 is 15.9 Å². The number of halogens is 1. The molecule has 9 nitrogen and oxygen atoms in total. The molecule has 11 heteroatoms. The molecule has 1 aliphatic rings. The molecule has 3 rings (SSSR count). The second-order valence-electron chi connectivity index (χ2n) is 6.16. The highest BCUT2D eigenvalue weighted by atomic mass is 32.2. The maximum Gasteiger partial charge on any atom is 0.316 e. The molecule has 1 amide bonds. The van der Waals surface area contributed by atoms with E-state index in [0.29, 0.717) is 25.1 Å². The van der Waals surface area contributed by atoms with E-state index in [1.807, 2.05) is 0 Å². The number of hydrogen-bond acceptors (Lipinski definition) is 7. The summed E-state index contributed by atoms with van der Waals surface area (Å²) in [5, 5.41) is 0. The van der Waals surface area contributed by atoms with E-state index in [1.165, 1.54) is 28.6 Å². The first-order valence-corrected chi connectivity index (χ1v) is 9.94. The zero-order chi connectivity index (χ0) is 20.1. The first-order chi connectivity index (χ1) is 13.3. The van der Waals surface area contributed by atoms with Crippen LogP contribution in [0.25, 0.3) is 0 Å². The lowest BCUT2D eigenvalue weighted by atomic mass is 10.1. The predicted octanol–water partition coefficient (Wildman–Crippen LogP) is 0.712. The molecular formula is C17H19FN4O5S. The van der Waals surface area contributed by atoms with Gasteiger partial charge in [0.2, 0.25) is 10.0 Å². The van der Waals surface area contributed by atoms with Crippen molar-refractivity contribution in [2.24, 2.45) is 5.73 Å². The van der Waals surface area contributed by atoms with Crippen molar-refractivity contribution in [3.05, 3.63) is 42.5 Å². The average molecular weight is 410 g/mol. The molecule has 0 saturated carbocycles. The number of benzene rings is 1. The Balaban J connectivity index is 1.67. The molecule has 1 fully saturated rings. The van der Waals surface area contributed by atoms with E-state index in [0.717, 1.165) is 12.4 Å². The van der Waals surface area contributed by atoms with E-state index in [4.69, 9.17) is 15.2 Å². The van der Waals surface area contributed by atoms with Gasteiger partial charge in [-0.3, -0.25) is 4.79 Å². The van der Waals surface area contributed by atoms with Crippen LogP contribution in [0.2, 0.25) is 0 Å². The molecule has 1 saturated heterocycles. The fraction of sp³-hybridized carbons (Fsp3) is 0.353. The third-order valence-corrected chi connectivity index (χ3v) is 5.93. The lowest BCUT2D eigenvalue weighted by Gasteiger charge is -2.31. The Bertz CT molecular complexity index is 922. The summed E-state index contributed by atoms with van der Waals surface area (Å²) in [6.07, 6.45) is 2.77. The maximum absolute atomic E-state index is 12.9. The van der Waals surface area contributed by atoms with E-state index in [1.54, 1.807) is 0 Å². The van der Waals surface area contributed by atoms with Crippen molar-refractivity contribution in [3.63, 3.8) is 0 Å². The van der Waals surface area contributed by atoms with Crippen LogP contribution in [-0.4, -0.2) is 54.4 Å². The highest BCUT2D eigenvalue weighted by Crippen LogP contribution is 2.24. The zero-order valence-electron chi connectivity index (χ0n) is 14.8. The molecule has 2 heterocycles. The molecule has 0 bridgehead atoms. The van der Waals surface area contributed by atoms with Gasteiger partial charge in [-0.15, -0.1) is 0 Å². The van der Waals surface area contributed by atoms with Gasteiger partial charge in [0.25, 0.3) is 5.91 Å². The van der Waals surface area contributed by atoms with Crippen LogP contribution in [0.3, 0.4) is 0 Å². The van der Waals surface area contributed by atoms with Gasteiger partial charge >= 0.3 is 6.01 Å². The van der Waals surface area contributed by atoms with Crippen LogP contribution >= 0.6 is 0 Å². The molecule has 0 radical (unpaired) electrons. The van der Waals surface area contributed by atoms with E-state index in [9.17, 15) is 17.6 Å². The van der Waals surface area contributed by atoms with Crippen LogP contribution in [0.1, 0.15) is 12.8 Å². The quantitative estimate of drug-likeness (QED) is 0.713. The minimum atomic E-state index is -3.74. The number of amides is 1. The molecule has 150 valence electrons. The minimum Gasteiger partial charge on any atom is -0.484 e. The smallest absolute Gasteiger partial charge is 0.316 e. The highest BCUT2D eigenvalue weighted by Gasteiger charge is 2.31. The number of nitrogens with zero attached hydrogens (tertiary/aromatic N) is 3. The summed E-state index contributed by atoms with van der Waals surface area (Å²) in [7, 11) is -3.74.